The average molecular weight is 283 g/mol. The number of sulfone groups is 1. The van der Waals surface area contributed by atoms with Gasteiger partial charge in [0.25, 0.3) is 0 Å². The molecule has 1 heterocycles. The van der Waals surface area contributed by atoms with Gasteiger partial charge in [-0.2, -0.15) is 0 Å². The minimum Gasteiger partial charge on any atom is -0.324 e. The summed E-state index contributed by atoms with van der Waals surface area (Å²) in [5.74, 6) is -1.29. The van der Waals surface area contributed by atoms with Crippen LogP contribution in [0.25, 0.3) is 0 Å². The van der Waals surface area contributed by atoms with Crippen LogP contribution in [0, 0.1) is 18.7 Å². The van der Waals surface area contributed by atoms with Gasteiger partial charge in [-0.05, 0) is 24.6 Å². The third-order valence-electron chi connectivity index (χ3n) is 2.85. The minimum atomic E-state index is -3.16. The molecule has 1 aromatic rings. The average Bonchev–Trinajstić information content (AvgIpc) is 2.63. The molecule has 0 saturated heterocycles. The molecule has 6 heteroatoms. The zero-order valence-corrected chi connectivity index (χ0v) is 11.2. The molecule has 0 aromatic heterocycles. The van der Waals surface area contributed by atoms with Crippen molar-refractivity contribution in [1.29, 1.82) is 0 Å². The van der Waals surface area contributed by atoms with Gasteiger partial charge in [0.2, 0.25) is 5.91 Å². The SMILES string of the molecule is Cc1ccc(F)c(NC(=O)C[C@H]2C=CS(=O)(=O)C2)c1. The lowest BCUT2D eigenvalue weighted by molar-refractivity contribution is -0.116. The van der Waals surface area contributed by atoms with Gasteiger partial charge in [0.15, 0.2) is 9.84 Å². The van der Waals surface area contributed by atoms with Crippen molar-refractivity contribution in [2.75, 3.05) is 11.1 Å². The molecule has 1 amide bonds. The van der Waals surface area contributed by atoms with Crippen LogP contribution in [0.5, 0.6) is 0 Å². The fourth-order valence-electron chi connectivity index (χ4n) is 1.94. The van der Waals surface area contributed by atoms with Gasteiger partial charge in [-0.3, -0.25) is 4.79 Å². The lowest BCUT2D eigenvalue weighted by atomic mass is 10.1. The second-order valence-electron chi connectivity index (χ2n) is 4.65. The molecule has 0 saturated carbocycles. The fraction of sp³-hybridized carbons (Fsp3) is 0.308. The number of amides is 1. The summed E-state index contributed by atoms with van der Waals surface area (Å²) in [6.45, 7) is 1.79. The molecular weight excluding hydrogens is 269 g/mol. The summed E-state index contributed by atoms with van der Waals surface area (Å²) < 4.78 is 35.8. The molecule has 1 aliphatic rings. The van der Waals surface area contributed by atoms with Crippen molar-refractivity contribution in [3.05, 3.63) is 41.1 Å². The van der Waals surface area contributed by atoms with Gasteiger partial charge >= 0.3 is 0 Å². The highest BCUT2D eigenvalue weighted by Crippen LogP contribution is 2.20. The van der Waals surface area contributed by atoms with E-state index in [1.165, 1.54) is 18.2 Å². The van der Waals surface area contributed by atoms with Gasteiger partial charge in [0.05, 0.1) is 11.4 Å². The van der Waals surface area contributed by atoms with Gasteiger partial charge < -0.3 is 5.32 Å². The second kappa shape index (κ2) is 5.13. The van der Waals surface area contributed by atoms with Crippen LogP contribution >= 0.6 is 0 Å². The first-order valence-corrected chi connectivity index (χ1v) is 7.54. The van der Waals surface area contributed by atoms with Crippen molar-refractivity contribution in [3.8, 4) is 0 Å². The van der Waals surface area contributed by atoms with E-state index in [4.69, 9.17) is 0 Å². The van der Waals surface area contributed by atoms with E-state index in [9.17, 15) is 17.6 Å². The minimum absolute atomic E-state index is 0.0309. The standard InChI is InChI=1S/C13H14FNO3S/c1-9-2-3-11(14)12(6-9)15-13(16)7-10-4-5-19(17,18)8-10/h2-6,10H,7-8H2,1H3,(H,15,16)/t10-/m1/s1. The number of carbonyl (C=O) groups excluding carboxylic acids is 1. The molecule has 4 nitrogen and oxygen atoms in total. The number of halogens is 1. The molecule has 0 radical (unpaired) electrons. The first-order valence-electron chi connectivity index (χ1n) is 5.83. The van der Waals surface area contributed by atoms with Crippen molar-refractivity contribution in [1.82, 2.24) is 0 Å². The number of hydrogen-bond donors (Lipinski definition) is 1. The Morgan fingerprint density at radius 1 is 1.47 bits per heavy atom. The highest BCUT2D eigenvalue weighted by Gasteiger charge is 2.24. The number of allylic oxidation sites excluding steroid dienone is 1. The van der Waals surface area contributed by atoms with E-state index in [-0.39, 0.29) is 23.8 Å². The molecule has 0 spiro atoms. The molecule has 1 aliphatic heterocycles. The Morgan fingerprint density at radius 2 is 2.21 bits per heavy atom. The number of carbonyl (C=O) groups is 1. The van der Waals surface area contributed by atoms with Gasteiger partial charge in [0, 0.05) is 17.7 Å². The molecule has 19 heavy (non-hydrogen) atoms. The lowest BCUT2D eigenvalue weighted by Crippen LogP contribution is -2.18. The van der Waals surface area contributed by atoms with E-state index in [1.807, 2.05) is 0 Å². The molecular formula is C13H14FNO3S. The summed E-state index contributed by atoms with van der Waals surface area (Å²) >= 11 is 0. The molecule has 1 N–H and O–H groups in total. The van der Waals surface area contributed by atoms with Crippen molar-refractivity contribution >= 4 is 21.4 Å². The topological polar surface area (TPSA) is 63.2 Å². The van der Waals surface area contributed by atoms with Crippen LogP contribution in [-0.2, 0) is 14.6 Å². The normalized spacial score (nSPS) is 20.4. The number of hydrogen-bond acceptors (Lipinski definition) is 3. The largest absolute Gasteiger partial charge is 0.324 e. The summed E-state index contributed by atoms with van der Waals surface area (Å²) in [5.41, 5.74) is 0.954. The summed E-state index contributed by atoms with van der Waals surface area (Å²) in [5, 5.41) is 3.59. The summed E-state index contributed by atoms with van der Waals surface area (Å²) in [6, 6.07) is 4.43. The van der Waals surface area contributed by atoms with Gasteiger partial charge in [0.1, 0.15) is 5.82 Å². The second-order valence-corrected chi connectivity index (χ2v) is 6.58. The van der Waals surface area contributed by atoms with Crippen LogP contribution in [0.3, 0.4) is 0 Å². The molecule has 1 atom stereocenters. The smallest absolute Gasteiger partial charge is 0.225 e. The maximum absolute atomic E-state index is 13.4. The van der Waals surface area contributed by atoms with Crippen LogP contribution in [0.4, 0.5) is 10.1 Å². The van der Waals surface area contributed by atoms with Crippen LogP contribution in [-0.4, -0.2) is 20.1 Å². The number of aryl methyl sites for hydroxylation is 1. The summed E-state index contributed by atoms with van der Waals surface area (Å²) in [6.07, 6.45) is 1.53. The van der Waals surface area contributed by atoms with Crippen molar-refractivity contribution < 1.29 is 17.6 Å². The van der Waals surface area contributed by atoms with Crippen molar-refractivity contribution in [2.24, 2.45) is 5.92 Å². The van der Waals surface area contributed by atoms with E-state index in [1.54, 1.807) is 13.0 Å². The Bertz CT molecular complexity index is 637. The van der Waals surface area contributed by atoms with Crippen LogP contribution in [0.2, 0.25) is 0 Å². The van der Waals surface area contributed by atoms with E-state index < -0.39 is 21.6 Å². The first kappa shape index (κ1) is 13.7. The third kappa shape index (κ3) is 3.64. The Kier molecular flexibility index (Phi) is 3.71. The molecule has 0 aliphatic carbocycles. The van der Waals surface area contributed by atoms with Gasteiger partial charge in [-0.25, -0.2) is 12.8 Å². The first-order chi connectivity index (χ1) is 8.85. The Balaban J connectivity index is 1.99. The highest BCUT2D eigenvalue weighted by molar-refractivity contribution is 7.94. The van der Waals surface area contributed by atoms with Gasteiger partial charge in [-0.15, -0.1) is 0 Å². The number of rotatable bonds is 3. The Hall–Kier alpha value is -1.69. The lowest BCUT2D eigenvalue weighted by Gasteiger charge is -2.09. The molecule has 102 valence electrons. The predicted molar refractivity (Wildman–Crippen MR) is 70.8 cm³/mol. The molecule has 1 aromatic carbocycles. The van der Waals surface area contributed by atoms with E-state index in [2.05, 4.69) is 5.32 Å². The summed E-state index contributed by atoms with van der Waals surface area (Å²) in [7, 11) is -3.16. The van der Waals surface area contributed by atoms with Crippen molar-refractivity contribution in [3.63, 3.8) is 0 Å². The maximum atomic E-state index is 13.4. The molecule has 2 rings (SSSR count). The summed E-state index contributed by atoms with van der Waals surface area (Å²) in [4.78, 5) is 11.7. The monoisotopic (exact) mass is 283 g/mol. The van der Waals surface area contributed by atoms with Gasteiger partial charge in [-0.1, -0.05) is 12.1 Å². The van der Waals surface area contributed by atoms with E-state index in [0.29, 0.717) is 0 Å². The highest BCUT2D eigenvalue weighted by atomic mass is 32.2. The molecule has 0 bridgehead atoms. The van der Waals surface area contributed by atoms with E-state index in [0.717, 1.165) is 11.0 Å². The predicted octanol–water partition coefficient (Wildman–Crippen LogP) is 2.02. The fourth-order valence-corrected chi connectivity index (χ4v) is 3.34. The van der Waals surface area contributed by atoms with Crippen molar-refractivity contribution in [2.45, 2.75) is 13.3 Å². The van der Waals surface area contributed by atoms with Crippen LogP contribution in [0.1, 0.15) is 12.0 Å². The number of nitrogens with one attached hydrogen (secondary N) is 1. The molecule has 0 fully saturated rings. The third-order valence-corrected chi connectivity index (χ3v) is 4.31. The number of anilines is 1. The zero-order chi connectivity index (χ0) is 14.0. The quantitative estimate of drug-likeness (QED) is 0.923. The Labute approximate surface area is 111 Å². The van der Waals surface area contributed by atoms with Crippen LogP contribution in [0.15, 0.2) is 29.7 Å². The van der Waals surface area contributed by atoms with Crippen LogP contribution < -0.4 is 5.32 Å². The Morgan fingerprint density at radius 3 is 2.84 bits per heavy atom. The number of benzene rings is 1. The van der Waals surface area contributed by atoms with E-state index >= 15 is 0 Å². The maximum Gasteiger partial charge on any atom is 0.225 e. The zero-order valence-electron chi connectivity index (χ0n) is 10.4. The molecule has 0 unspecified atom stereocenters.